The Morgan fingerprint density at radius 1 is 1.39 bits per heavy atom. The number of rotatable bonds is 3. The van der Waals surface area contributed by atoms with E-state index in [1.54, 1.807) is 16.9 Å². The molecule has 0 aromatic carbocycles. The van der Waals surface area contributed by atoms with Gasteiger partial charge < -0.3 is 11.5 Å². The van der Waals surface area contributed by atoms with Crippen LogP contribution in [0.1, 0.15) is 40.4 Å². The topological polar surface area (TPSA) is 99.3 Å². The first-order valence-electron chi connectivity index (χ1n) is 7.62. The monoisotopic (exact) mass is 327 g/mol. The zero-order valence-electron chi connectivity index (χ0n) is 12.5. The van der Waals surface area contributed by atoms with Crippen molar-refractivity contribution < 1.29 is 4.79 Å². The van der Waals surface area contributed by atoms with Crippen molar-refractivity contribution in [2.75, 3.05) is 0 Å². The van der Waals surface area contributed by atoms with Gasteiger partial charge in [0.1, 0.15) is 0 Å². The van der Waals surface area contributed by atoms with Crippen LogP contribution in [0, 0.1) is 0 Å². The van der Waals surface area contributed by atoms with Crippen LogP contribution in [0.5, 0.6) is 0 Å². The molecule has 1 aliphatic carbocycles. The molecule has 1 aliphatic rings. The Labute approximate surface area is 137 Å². The number of amides is 1. The lowest BCUT2D eigenvalue weighted by Gasteiger charge is -2.18. The van der Waals surface area contributed by atoms with Crippen LogP contribution in [0.15, 0.2) is 29.9 Å². The molecule has 118 valence electrons. The van der Waals surface area contributed by atoms with Gasteiger partial charge in [0.05, 0.1) is 16.8 Å². The van der Waals surface area contributed by atoms with E-state index in [0.29, 0.717) is 4.88 Å². The van der Waals surface area contributed by atoms with Gasteiger partial charge in [-0.1, -0.05) is 6.42 Å². The number of aromatic nitrogens is 3. The zero-order valence-corrected chi connectivity index (χ0v) is 13.3. The highest BCUT2D eigenvalue weighted by Crippen LogP contribution is 2.43. The van der Waals surface area contributed by atoms with Gasteiger partial charge in [0.2, 0.25) is 0 Å². The molecule has 2 atom stereocenters. The molecule has 1 amide bonds. The molecule has 0 bridgehead atoms. The second kappa shape index (κ2) is 5.43. The molecular weight excluding hydrogens is 310 g/mol. The molecule has 1 saturated carbocycles. The molecule has 4 rings (SSSR count). The van der Waals surface area contributed by atoms with Gasteiger partial charge in [0.25, 0.3) is 5.91 Å². The van der Waals surface area contributed by atoms with E-state index in [1.807, 2.05) is 17.5 Å². The van der Waals surface area contributed by atoms with E-state index in [0.717, 1.165) is 41.7 Å². The fraction of sp³-hybridized carbons (Fsp3) is 0.312. The van der Waals surface area contributed by atoms with Crippen LogP contribution in [0.3, 0.4) is 0 Å². The number of nitrogens with two attached hydrogens (primary N) is 2. The molecule has 4 N–H and O–H groups in total. The molecule has 0 unspecified atom stereocenters. The number of carbonyl (C=O) groups is 1. The van der Waals surface area contributed by atoms with Gasteiger partial charge in [0.15, 0.2) is 5.65 Å². The SMILES string of the molecule is NC(=O)c1scc(-c2cnc3cccnn23)c1[C@@H]1CCC[C@@H]1N. The first-order valence-corrected chi connectivity index (χ1v) is 8.50. The number of primary amides is 1. The number of carbonyl (C=O) groups excluding carboxylic acids is 1. The van der Waals surface area contributed by atoms with E-state index in [1.165, 1.54) is 11.3 Å². The van der Waals surface area contributed by atoms with E-state index in [9.17, 15) is 4.79 Å². The summed E-state index contributed by atoms with van der Waals surface area (Å²) in [5, 5.41) is 6.34. The minimum absolute atomic E-state index is 0.0635. The molecule has 23 heavy (non-hydrogen) atoms. The molecule has 3 heterocycles. The van der Waals surface area contributed by atoms with Crippen LogP contribution in [0.4, 0.5) is 0 Å². The van der Waals surface area contributed by atoms with Crippen LogP contribution in [0.25, 0.3) is 16.9 Å². The molecule has 0 aliphatic heterocycles. The van der Waals surface area contributed by atoms with Crippen molar-refractivity contribution in [1.29, 1.82) is 0 Å². The van der Waals surface area contributed by atoms with Crippen molar-refractivity contribution in [3.8, 4) is 11.3 Å². The molecule has 3 aromatic heterocycles. The van der Waals surface area contributed by atoms with Crippen LogP contribution < -0.4 is 11.5 Å². The van der Waals surface area contributed by atoms with Crippen molar-refractivity contribution in [3.05, 3.63) is 40.3 Å². The normalized spacial score (nSPS) is 21.1. The van der Waals surface area contributed by atoms with E-state index in [2.05, 4.69) is 10.1 Å². The fourth-order valence-corrected chi connectivity index (χ4v) is 4.47. The summed E-state index contributed by atoms with van der Waals surface area (Å²) in [7, 11) is 0. The Hall–Kier alpha value is -2.25. The highest BCUT2D eigenvalue weighted by molar-refractivity contribution is 7.12. The van der Waals surface area contributed by atoms with Crippen LogP contribution in [0.2, 0.25) is 0 Å². The van der Waals surface area contributed by atoms with Gasteiger partial charge in [0, 0.05) is 29.1 Å². The molecule has 1 fully saturated rings. The Morgan fingerprint density at radius 3 is 3.00 bits per heavy atom. The number of thiophene rings is 1. The zero-order chi connectivity index (χ0) is 16.0. The van der Waals surface area contributed by atoms with Crippen molar-refractivity contribution in [1.82, 2.24) is 14.6 Å². The maximum absolute atomic E-state index is 11.9. The van der Waals surface area contributed by atoms with E-state index < -0.39 is 5.91 Å². The summed E-state index contributed by atoms with van der Waals surface area (Å²) < 4.78 is 1.79. The Bertz CT molecular complexity index is 884. The molecule has 7 heteroatoms. The lowest BCUT2D eigenvalue weighted by atomic mass is 9.90. The summed E-state index contributed by atoms with van der Waals surface area (Å²) in [6, 6.07) is 3.81. The lowest BCUT2D eigenvalue weighted by Crippen LogP contribution is -2.25. The summed E-state index contributed by atoms with van der Waals surface area (Å²) in [5.41, 5.74) is 15.5. The second-order valence-corrected chi connectivity index (χ2v) is 6.77. The van der Waals surface area contributed by atoms with Gasteiger partial charge in [-0.05, 0) is 30.5 Å². The van der Waals surface area contributed by atoms with Crippen molar-refractivity contribution >= 4 is 22.9 Å². The molecule has 0 saturated heterocycles. The van der Waals surface area contributed by atoms with Gasteiger partial charge in [-0.15, -0.1) is 11.3 Å². The molecular formula is C16H17N5OS. The summed E-state index contributed by atoms with van der Waals surface area (Å²) >= 11 is 1.38. The molecule has 0 spiro atoms. The average molecular weight is 327 g/mol. The van der Waals surface area contributed by atoms with E-state index in [4.69, 9.17) is 11.5 Å². The summed E-state index contributed by atoms with van der Waals surface area (Å²) in [6.45, 7) is 0. The number of hydrogen-bond donors (Lipinski definition) is 2. The largest absolute Gasteiger partial charge is 0.365 e. The predicted octanol–water partition coefficient (Wildman–Crippen LogP) is 2.15. The Morgan fingerprint density at radius 2 is 2.26 bits per heavy atom. The third-order valence-electron chi connectivity index (χ3n) is 4.55. The van der Waals surface area contributed by atoms with Gasteiger partial charge >= 0.3 is 0 Å². The number of fused-ring (bicyclic) bond motifs is 1. The smallest absolute Gasteiger partial charge is 0.259 e. The first-order chi connectivity index (χ1) is 11.2. The van der Waals surface area contributed by atoms with Crippen molar-refractivity contribution in [3.63, 3.8) is 0 Å². The lowest BCUT2D eigenvalue weighted by molar-refractivity contribution is 0.100. The standard InChI is InChI=1S/C16H17N5OS/c17-11-4-1-3-9(11)14-10(8-23-15(14)16(18)22)12-7-19-13-5-2-6-20-21(12)13/h2,5-9,11H,1,3-4,17H2,(H2,18,22)/t9-,11+/m1/s1. The first kappa shape index (κ1) is 14.3. The number of hydrogen-bond acceptors (Lipinski definition) is 5. The fourth-order valence-electron chi connectivity index (χ4n) is 3.48. The quantitative estimate of drug-likeness (QED) is 0.770. The highest BCUT2D eigenvalue weighted by atomic mass is 32.1. The number of imidazole rings is 1. The van der Waals surface area contributed by atoms with Gasteiger partial charge in [-0.3, -0.25) is 4.79 Å². The summed E-state index contributed by atoms with van der Waals surface area (Å²) in [4.78, 5) is 16.9. The molecule has 6 nitrogen and oxygen atoms in total. The van der Waals surface area contributed by atoms with Crippen LogP contribution >= 0.6 is 11.3 Å². The minimum Gasteiger partial charge on any atom is -0.365 e. The van der Waals surface area contributed by atoms with E-state index in [-0.39, 0.29) is 12.0 Å². The predicted molar refractivity (Wildman–Crippen MR) is 89.4 cm³/mol. The third kappa shape index (κ3) is 2.24. The van der Waals surface area contributed by atoms with E-state index >= 15 is 0 Å². The third-order valence-corrected chi connectivity index (χ3v) is 5.56. The average Bonchev–Trinajstić information content (AvgIpc) is 3.23. The van der Waals surface area contributed by atoms with Crippen molar-refractivity contribution in [2.45, 2.75) is 31.2 Å². The van der Waals surface area contributed by atoms with Crippen LogP contribution in [-0.2, 0) is 0 Å². The summed E-state index contributed by atoms with van der Waals surface area (Å²) in [5.74, 6) is -0.231. The number of nitrogens with zero attached hydrogens (tertiary/aromatic N) is 3. The highest BCUT2D eigenvalue weighted by Gasteiger charge is 2.32. The second-order valence-electron chi connectivity index (χ2n) is 5.89. The maximum Gasteiger partial charge on any atom is 0.259 e. The maximum atomic E-state index is 11.9. The van der Waals surface area contributed by atoms with Crippen molar-refractivity contribution in [2.24, 2.45) is 11.5 Å². The Balaban J connectivity index is 1.94. The Kier molecular flexibility index (Phi) is 3.39. The molecule has 0 radical (unpaired) electrons. The van der Waals surface area contributed by atoms with Crippen LogP contribution in [-0.4, -0.2) is 26.5 Å². The minimum atomic E-state index is -0.392. The summed E-state index contributed by atoms with van der Waals surface area (Å²) in [6.07, 6.45) is 6.54. The van der Waals surface area contributed by atoms with Gasteiger partial charge in [-0.25, -0.2) is 9.50 Å². The molecule has 3 aromatic rings. The van der Waals surface area contributed by atoms with Gasteiger partial charge in [-0.2, -0.15) is 5.10 Å².